The van der Waals surface area contributed by atoms with Crippen molar-refractivity contribution in [3.05, 3.63) is 0 Å². The van der Waals surface area contributed by atoms with Crippen molar-refractivity contribution in [2.24, 2.45) is 5.92 Å². The number of nitrogens with one attached hydrogen (secondary N) is 2. The maximum absolute atomic E-state index is 10.9. The molecule has 0 bridgehead atoms. The van der Waals surface area contributed by atoms with E-state index in [1.165, 1.54) is 0 Å². The molecule has 106 valence electrons. The van der Waals surface area contributed by atoms with Gasteiger partial charge in [-0.1, -0.05) is 35.1 Å². The summed E-state index contributed by atoms with van der Waals surface area (Å²) < 4.78 is 4.39. The quantitative estimate of drug-likeness (QED) is 0.443. The Morgan fingerprint density at radius 3 is 2.00 bits per heavy atom. The van der Waals surface area contributed by atoms with Gasteiger partial charge in [0.2, 0.25) is 5.91 Å². The maximum Gasteiger partial charge on any atom is 0.398 e. The molecule has 0 aromatic carbocycles. The Bertz CT molecular complexity index is 249. The number of esters is 1. The van der Waals surface area contributed by atoms with Gasteiger partial charge in [-0.3, -0.25) is 20.4 Å². The lowest BCUT2D eigenvalue weighted by Crippen LogP contribution is -2.46. The third-order valence-electron chi connectivity index (χ3n) is 1.28. The highest BCUT2D eigenvalue weighted by Crippen LogP contribution is 1.88. The van der Waals surface area contributed by atoms with E-state index < -0.39 is 11.9 Å². The average Bonchev–Trinajstić information content (AvgIpc) is 2.28. The summed E-state index contributed by atoms with van der Waals surface area (Å²) in [5.41, 5.74) is 4.02. The van der Waals surface area contributed by atoms with Gasteiger partial charge in [-0.25, -0.2) is 4.79 Å². The summed E-state index contributed by atoms with van der Waals surface area (Å²) in [5.74, 6) is -2.64. The lowest BCUT2D eigenvalue weighted by atomic mass is 10.2. The zero-order chi connectivity index (χ0) is 13.1. The Morgan fingerprint density at radius 1 is 1.18 bits per heavy atom. The van der Waals surface area contributed by atoms with Crippen LogP contribution in [0.3, 0.4) is 0 Å². The van der Waals surface area contributed by atoms with E-state index >= 15 is 0 Å². The molecule has 0 fully saturated rings. The van der Waals surface area contributed by atoms with Crippen molar-refractivity contribution in [3.63, 3.8) is 0 Å². The van der Waals surface area contributed by atoms with Crippen molar-refractivity contribution < 1.29 is 22.0 Å². The number of carbonyl (C=O) groups is 3. The van der Waals surface area contributed by atoms with E-state index in [-0.39, 0.29) is 28.7 Å². The summed E-state index contributed by atoms with van der Waals surface area (Å²) in [5, 5.41) is 0. The van der Waals surface area contributed by atoms with E-state index in [4.69, 9.17) is 0 Å². The summed E-state index contributed by atoms with van der Waals surface area (Å²) in [6, 6.07) is 0. The van der Waals surface area contributed by atoms with Crippen molar-refractivity contribution in [1.29, 1.82) is 0 Å². The SMILES string of the molecule is C.CC.CCOC(=O)C(=O)NNC(=O)C(C)C.[HH].[HH]. The van der Waals surface area contributed by atoms with Crippen LogP contribution in [0.4, 0.5) is 0 Å². The minimum atomic E-state index is -1.02. The van der Waals surface area contributed by atoms with E-state index in [1.807, 2.05) is 19.3 Å². The molecule has 0 atom stereocenters. The van der Waals surface area contributed by atoms with Crippen LogP contribution in [0, 0.1) is 5.92 Å². The van der Waals surface area contributed by atoms with E-state index in [0.29, 0.717) is 0 Å². The first kappa shape index (κ1) is 20.8. The molecule has 0 spiro atoms. The minimum Gasteiger partial charge on any atom is -0.459 e. The number of hydrogen-bond acceptors (Lipinski definition) is 4. The molecule has 0 aliphatic carbocycles. The van der Waals surface area contributed by atoms with Gasteiger partial charge in [0, 0.05) is 8.77 Å². The van der Waals surface area contributed by atoms with Gasteiger partial charge in [-0.15, -0.1) is 0 Å². The zero-order valence-electron chi connectivity index (χ0n) is 10.4. The number of hydrazine groups is 1. The molecule has 0 saturated heterocycles. The van der Waals surface area contributed by atoms with Crippen LogP contribution in [0.25, 0.3) is 0 Å². The highest BCUT2D eigenvalue weighted by atomic mass is 16.5. The van der Waals surface area contributed by atoms with Crippen LogP contribution in [0.5, 0.6) is 0 Å². The van der Waals surface area contributed by atoms with Gasteiger partial charge in [0.05, 0.1) is 6.61 Å². The molecule has 0 heterocycles. The first-order valence-electron chi connectivity index (χ1n) is 5.26. The molecule has 0 rings (SSSR count). The largest absolute Gasteiger partial charge is 0.459 e. The summed E-state index contributed by atoms with van der Waals surface area (Å²) >= 11 is 0. The summed E-state index contributed by atoms with van der Waals surface area (Å²) in [6.07, 6.45) is 0. The summed E-state index contributed by atoms with van der Waals surface area (Å²) in [6.45, 7) is 9.01. The van der Waals surface area contributed by atoms with Gasteiger partial charge >= 0.3 is 11.9 Å². The molecule has 0 aromatic heterocycles. The van der Waals surface area contributed by atoms with Crippen LogP contribution in [0.15, 0.2) is 0 Å². The van der Waals surface area contributed by atoms with Crippen LogP contribution in [-0.4, -0.2) is 24.4 Å². The van der Waals surface area contributed by atoms with Gasteiger partial charge in [0.15, 0.2) is 0 Å². The molecule has 2 N–H and O–H groups in total. The van der Waals surface area contributed by atoms with Gasteiger partial charge < -0.3 is 4.74 Å². The zero-order valence-corrected chi connectivity index (χ0v) is 10.4. The fraction of sp³-hybridized carbons (Fsp3) is 0.727. The Balaban J connectivity index is -0.000000124. The van der Waals surface area contributed by atoms with Gasteiger partial charge in [-0.05, 0) is 6.92 Å². The number of ether oxygens (including phenoxy) is 1. The van der Waals surface area contributed by atoms with Crippen molar-refractivity contribution in [2.75, 3.05) is 6.61 Å². The number of hydrogen-bond donors (Lipinski definition) is 2. The lowest BCUT2D eigenvalue weighted by molar-refractivity contribution is -0.155. The Kier molecular flexibility index (Phi) is 15.3. The van der Waals surface area contributed by atoms with E-state index in [1.54, 1.807) is 20.8 Å². The molecule has 6 nitrogen and oxygen atoms in total. The van der Waals surface area contributed by atoms with Crippen LogP contribution in [0.1, 0.15) is 44.9 Å². The van der Waals surface area contributed by atoms with Crippen LogP contribution < -0.4 is 10.9 Å². The van der Waals surface area contributed by atoms with Gasteiger partial charge in [-0.2, -0.15) is 0 Å². The van der Waals surface area contributed by atoms with Crippen molar-refractivity contribution >= 4 is 17.8 Å². The van der Waals surface area contributed by atoms with Crippen molar-refractivity contribution in [1.82, 2.24) is 10.9 Å². The number of rotatable bonds is 2. The number of carbonyl (C=O) groups excluding carboxylic acids is 3. The summed E-state index contributed by atoms with van der Waals surface area (Å²) in [4.78, 5) is 32.5. The highest BCUT2D eigenvalue weighted by molar-refractivity contribution is 6.32. The first-order valence-corrected chi connectivity index (χ1v) is 5.26. The molecule has 2 amide bonds. The van der Waals surface area contributed by atoms with Crippen LogP contribution in [-0.2, 0) is 19.1 Å². The topological polar surface area (TPSA) is 84.5 Å². The monoisotopic (exact) mass is 252 g/mol. The molecule has 0 unspecified atom stereocenters. The predicted molar refractivity (Wildman–Crippen MR) is 70.1 cm³/mol. The third kappa shape index (κ3) is 10.7. The fourth-order valence-corrected chi connectivity index (χ4v) is 0.510. The van der Waals surface area contributed by atoms with Crippen LogP contribution >= 0.6 is 0 Å². The molecule has 0 aromatic rings. The van der Waals surface area contributed by atoms with Gasteiger partial charge in [0.1, 0.15) is 0 Å². The smallest absolute Gasteiger partial charge is 0.398 e. The third-order valence-corrected chi connectivity index (χ3v) is 1.28. The first-order chi connectivity index (χ1) is 7.49. The van der Waals surface area contributed by atoms with Crippen LogP contribution in [0.2, 0.25) is 0 Å². The van der Waals surface area contributed by atoms with E-state index in [2.05, 4.69) is 10.2 Å². The Morgan fingerprint density at radius 2 is 1.65 bits per heavy atom. The van der Waals surface area contributed by atoms with E-state index in [9.17, 15) is 14.4 Å². The van der Waals surface area contributed by atoms with Crippen molar-refractivity contribution in [3.8, 4) is 0 Å². The Labute approximate surface area is 106 Å². The minimum absolute atomic E-state index is 0. The normalized spacial score (nSPS) is 8.12. The standard InChI is InChI=1S/C8H14N2O4.C2H6.CH4.2H2/c1-4-14-8(13)7(12)10-9-6(11)5(2)3;1-2;;;/h5H,4H2,1-3H3,(H,9,11)(H,10,12);1-2H3;1H4;2*1H. The number of amides is 2. The predicted octanol–water partition coefficient (Wildman–Crippen LogP) is 1.51. The summed E-state index contributed by atoms with van der Waals surface area (Å²) in [7, 11) is 0. The second-order valence-corrected chi connectivity index (χ2v) is 2.82. The second-order valence-electron chi connectivity index (χ2n) is 2.82. The lowest BCUT2D eigenvalue weighted by Gasteiger charge is -2.07. The molecule has 0 radical (unpaired) electrons. The fourth-order valence-electron chi connectivity index (χ4n) is 0.510. The van der Waals surface area contributed by atoms with Gasteiger partial charge in [0.25, 0.3) is 0 Å². The second kappa shape index (κ2) is 12.5. The van der Waals surface area contributed by atoms with Crippen molar-refractivity contribution in [2.45, 2.75) is 42.0 Å². The Hall–Kier alpha value is -1.59. The molecule has 6 heteroatoms. The molecule has 0 aliphatic rings. The maximum atomic E-state index is 10.9. The van der Waals surface area contributed by atoms with E-state index in [0.717, 1.165) is 0 Å². The molecule has 0 aliphatic heterocycles. The molecule has 0 saturated carbocycles. The average molecular weight is 252 g/mol. The molecular formula is C11H28N2O4. The highest BCUT2D eigenvalue weighted by Gasteiger charge is 2.15. The molecular weight excluding hydrogens is 224 g/mol. The molecule has 17 heavy (non-hydrogen) atoms.